The Morgan fingerprint density at radius 2 is 2.11 bits per heavy atom. The molecule has 0 aliphatic carbocycles. The van der Waals surface area contributed by atoms with E-state index in [0.717, 1.165) is 19.5 Å². The Morgan fingerprint density at radius 3 is 2.68 bits per heavy atom. The van der Waals surface area contributed by atoms with Crippen LogP contribution in [0.3, 0.4) is 0 Å². The quantitative estimate of drug-likeness (QED) is 0.773. The molecule has 5 nitrogen and oxygen atoms in total. The number of carbonyl (C=O) groups excluding carboxylic acids is 1. The molecule has 1 aliphatic heterocycles. The van der Waals surface area contributed by atoms with Crippen molar-refractivity contribution in [2.45, 2.75) is 12.5 Å². The van der Waals surface area contributed by atoms with E-state index in [1.807, 2.05) is 0 Å². The lowest BCUT2D eigenvalue weighted by molar-refractivity contribution is 0.0599. The first-order valence-corrected chi connectivity index (χ1v) is 6.25. The molecule has 0 N–H and O–H groups in total. The number of hydrogen-bond acceptors (Lipinski definition) is 5. The molecular weight excluding hydrogens is 246 g/mol. The summed E-state index contributed by atoms with van der Waals surface area (Å²) in [5.74, 6) is 0.837. The fourth-order valence-corrected chi connectivity index (χ4v) is 2.18. The predicted molar refractivity (Wildman–Crippen MR) is 70.9 cm³/mol. The van der Waals surface area contributed by atoms with Crippen LogP contribution in [0.2, 0.25) is 0 Å². The molecule has 1 fully saturated rings. The Balaban J connectivity index is 2.18. The second-order valence-corrected chi connectivity index (χ2v) is 4.65. The number of carbonyl (C=O) groups is 1. The molecule has 0 radical (unpaired) electrons. The third-order valence-electron chi connectivity index (χ3n) is 3.23. The predicted octanol–water partition coefficient (Wildman–Crippen LogP) is 1.56. The second-order valence-electron chi connectivity index (χ2n) is 4.65. The van der Waals surface area contributed by atoms with E-state index in [1.54, 1.807) is 25.3 Å². The van der Waals surface area contributed by atoms with Crippen LogP contribution in [0, 0.1) is 0 Å². The number of rotatable bonds is 4. The van der Waals surface area contributed by atoms with E-state index in [9.17, 15) is 4.79 Å². The summed E-state index contributed by atoms with van der Waals surface area (Å²) < 4.78 is 15.9. The van der Waals surface area contributed by atoms with Gasteiger partial charge in [-0.05, 0) is 31.7 Å². The molecule has 1 atom stereocenters. The van der Waals surface area contributed by atoms with Gasteiger partial charge in [0, 0.05) is 13.1 Å². The first kappa shape index (κ1) is 13.7. The maximum absolute atomic E-state index is 11.5. The Kier molecular flexibility index (Phi) is 4.27. The van der Waals surface area contributed by atoms with Crippen LogP contribution in [-0.2, 0) is 4.74 Å². The highest BCUT2D eigenvalue weighted by Gasteiger charge is 2.22. The number of likely N-dealkylation sites (tertiary alicyclic amines) is 1. The molecule has 1 heterocycles. The molecule has 1 aromatic carbocycles. The van der Waals surface area contributed by atoms with Crippen LogP contribution >= 0.6 is 0 Å². The number of methoxy groups -OCH3 is 2. The van der Waals surface area contributed by atoms with Crippen LogP contribution in [-0.4, -0.2) is 51.3 Å². The normalized spacial score (nSPS) is 19.2. The summed E-state index contributed by atoms with van der Waals surface area (Å²) in [4.78, 5) is 13.7. The summed E-state index contributed by atoms with van der Waals surface area (Å²) in [6.07, 6.45) is 1.11. The zero-order chi connectivity index (χ0) is 13.8. The lowest BCUT2D eigenvalue weighted by atomic mass is 10.2. The van der Waals surface area contributed by atoms with E-state index in [-0.39, 0.29) is 12.1 Å². The van der Waals surface area contributed by atoms with E-state index in [2.05, 4.69) is 11.9 Å². The van der Waals surface area contributed by atoms with Crippen molar-refractivity contribution in [1.82, 2.24) is 4.90 Å². The number of esters is 1. The molecule has 0 saturated carbocycles. The van der Waals surface area contributed by atoms with Crippen LogP contribution in [0.5, 0.6) is 11.5 Å². The van der Waals surface area contributed by atoms with Crippen molar-refractivity contribution < 1.29 is 19.0 Å². The van der Waals surface area contributed by atoms with Crippen molar-refractivity contribution >= 4 is 5.97 Å². The molecule has 19 heavy (non-hydrogen) atoms. The summed E-state index contributed by atoms with van der Waals surface area (Å²) in [6.45, 7) is 1.90. The molecule has 0 amide bonds. The van der Waals surface area contributed by atoms with Crippen molar-refractivity contribution in [3.05, 3.63) is 23.8 Å². The Hall–Kier alpha value is -1.75. The number of benzene rings is 1. The van der Waals surface area contributed by atoms with Gasteiger partial charge in [0.25, 0.3) is 0 Å². The fraction of sp³-hybridized carbons (Fsp3) is 0.500. The Bertz CT molecular complexity index is 461. The summed E-state index contributed by atoms with van der Waals surface area (Å²) in [5, 5.41) is 0. The Morgan fingerprint density at radius 1 is 1.32 bits per heavy atom. The monoisotopic (exact) mass is 265 g/mol. The number of hydrogen-bond donors (Lipinski definition) is 0. The van der Waals surface area contributed by atoms with Crippen LogP contribution in [0.15, 0.2) is 18.2 Å². The van der Waals surface area contributed by atoms with Gasteiger partial charge in [-0.25, -0.2) is 4.79 Å². The van der Waals surface area contributed by atoms with Gasteiger partial charge in [-0.3, -0.25) is 0 Å². The molecule has 1 saturated heterocycles. The minimum atomic E-state index is -0.379. The zero-order valence-corrected chi connectivity index (χ0v) is 11.5. The largest absolute Gasteiger partial charge is 0.493 e. The first-order valence-electron chi connectivity index (χ1n) is 6.25. The molecule has 0 aromatic heterocycles. The van der Waals surface area contributed by atoms with Gasteiger partial charge in [0.15, 0.2) is 11.5 Å². The standard InChI is InChI=1S/C14H19NO4/c1-15-7-6-11(9-15)19-13-8-10(14(16)18-3)4-5-12(13)17-2/h4-5,8,11H,6-7,9H2,1-3H3. The third kappa shape index (κ3) is 3.17. The molecule has 5 heteroatoms. The molecule has 1 aromatic rings. The van der Waals surface area contributed by atoms with Gasteiger partial charge in [-0.2, -0.15) is 0 Å². The average molecular weight is 265 g/mol. The molecular formula is C14H19NO4. The smallest absolute Gasteiger partial charge is 0.337 e. The van der Waals surface area contributed by atoms with Gasteiger partial charge in [0.05, 0.1) is 19.8 Å². The van der Waals surface area contributed by atoms with Crippen LogP contribution in [0.1, 0.15) is 16.8 Å². The minimum Gasteiger partial charge on any atom is -0.493 e. The van der Waals surface area contributed by atoms with Gasteiger partial charge in [-0.15, -0.1) is 0 Å². The SMILES string of the molecule is COC(=O)c1ccc(OC)c(OC2CCN(C)C2)c1. The Labute approximate surface area is 113 Å². The van der Waals surface area contributed by atoms with Crippen LogP contribution in [0.4, 0.5) is 0 Å². The first-order chi connectivity index (χ1) is 9.13. The molecule has 0 spiro atoms. The summed E-state index contributed by atoms with van der Waals surface area (Å²) in [6, 6.07) is 5.06. The maximum atomic E-state index is 11.5. The maximum Gasteiger partial charge on any atom is 0.337 e. The highest BCUT2D eigenvalue weighted by Crippen LogP contribution is 2.30. The van der Waals surface area contributed by atoms with Crippen LogP contribution in [0.25, 0.3) is 0 Å². The summed E-state index contributed by atoms with van der Waals surface area (Å²) >= 11 is 0. The highest BCUT2D eigenvalue weighted by molar-refractivity contribution is 5.90. The van der Waals surface area contributed by atoms with Crippen LogP contribution < -0.4 is 9.47 Å². The van der Waals surface area contributed by atoms with Crippen molar-refractivity contribution in [2.24, 2.45) is 0 Å². The van der Waals surface area contributed by atoms with E-state index in [1.165, 1.54) is 7.11 Å². The van der Waals surface area contributed by atoms with E-state index in [0.29, 0.717) is 17.1 Å². The average Bonchev–Trinajstić information content (AvgIpc) is 2.83. The van der Waals surface area contributed by atoms with Crippen molar-refractivity contribution in [2.75, 3.05) is 34.4 Å². The summed E-state index contributed by atoms with van der Waals surface area (Å²) in [5.41, 5.74) is 0.463. The second kappa shape index (κ2) is 5.93. The van der Waals surface area contributed by atoms with Gasteiger partial charge >= 0.3 is 5.97 Å². The van der Waals surface area contributed by atoms with Gasteiger partial charge in [0.2, 0.25) is 0 Å². The topological polar surface area (TPSA) is 48.0 Å². The van der Waals surface area contributed by atoms with Gasteiger partial charge in [-0.1, -0.05) is 0 Å². The zero-order valence-electron chi connectivity index (χ0n) is 11.5. The number of likely N-dealkylation sites (N-methyl/N-ethyl adjacent to an activating group) is 1. The minimum absolute atomic E-state index is 0.131. The third-order valence-corrected chi connectivity index (χ3v) is 3.23. The molecule has 0 bridgehead atoms. The van der Waals surface area contributed by atoms with Gasteiger partial charge < -0.3 is 19.1 Å². The molecule has 104 valence electrons. The number of nitrogens with zero attached hydrogens (tertiary/aromatic N) is 1. The van der Waals surface area contributed by atoms with E-state index < -0.39 is 0 Å². The molecule has 1 aliphatic rings. The van der Waals surface area contributed by atoms with Gasteiger partial charge in [0.1, 0.15) is 6.10 Å². The highest BCUT2D eigenvalue weighted by atomic mass is 16.5. The lowest BCUT2D eigenvalue weighted by Crippen LogP contribution is -2.21. The fourth-order valence-electron chi connectivity index (χ4n) is 2.18. The van der Waals surface area contributed by atoms with Crippen molar-refractivity contribution in [3.63, 3.8) is 0 Å². The lowest BCUT2D eigenvalue weighted by Gasteiger charge is -2.16. The number of ether oxygens (including phenoxy) is 3. The molecule has 2 rings (SSSR count). The van der Waals surface area contributed by atoms with E-state index in [4.69, 9.17) is 14.2 Å². The van der Waals surface area contributed by atoms with Crippen molar-refractivity contribution in [3.8, 4) is 11.5 Å². The molecule has 1 unspecified atom stereocenters. The van der Waals surface area contributed by atoms with E-state index >= 15 is 0 Å². The summed E-state index contributed by atoms with van der Waals surface area (Å²) in [7, 11) is 5.01. The van der Waals surface area contributed by atoms with Crippen molar-refractivity contribution in [1.29, 1.82) is 0 Å².